The van der Waals surface area contributed by atoms with E-state index in [0.29, 0.717) is 24.6 Å². The Kier molecular flexibility index (Phi) is 7.81. The van der Waals surface area contributed by atoms with Crippen LogP contribution < -0.4 is 4.74 Å². The van der Waals surface area contributed by atoms with E-state index < -0.39 is 0 Å². The molecule has 0 atom stereocenters. The molecule has 0 aliphatic rings. The highest BCUT2D eigenvalue weighted by Crippen LogP contribution is 2.30. The molecule has 4 aromatic heterocycles. The Hall–Kier alpha value is -3.56. The zero-order chi connectivity index (χ0) is 27.6. The summed E-state index contributed by atoms with van der Waals surface area (Å²) < 4.78 is 13.4. The molecule has 0 amide bonds. The van der Waals surface area contributed by atoms with Gasteiger partial charge < -0.3 is 14.2 Å². The fourth-order valence-electron chi connectivity index (χ4n) is 4.44. The van der Waals surface area contributed by atoms with Crippen molar-refractivity contribution in [3.8, 4) is 17.1 Å². The van der Waals surface area contributed by atoms with Crippen molar-refractivity contribution in [2.75, 3.05) is 26.2 Å². The molecule has 0 saturated heterocycles. The zero-order valence-corrected chi connectivity index (χ0v) is 24.0. The Morgan fingerprint density at radius 2 is 1.82 bits per heavy atom. The summed E-state index contributed by atoms with van der Waals surface area (Å²) in [6, 6.07) is 13.9. The molecule has 5 rings (SSSR count). The average Bonchev–Trinajstić information content (AvgIpc) is 3.62. The van der Waals surface area contributed by atoms with Crippen molar-refractivity contribution in [1.82, 2.24) is 24.4 Å². The Balaban J connectivity index is 1.23. The number of benzene rings is 1. The van der Waals surface area contributed by atoms with E-state index in [0.717, 1.165) is 57.5 Å². The molecule has 0 bridgehead atoms. The first kappa shape index (κ1) is 27.0. The lowest BCUT2D eigenvalue weighted by molar-refractivity contribution is -0.117. The lowest BCUT2D eigenvalue weighted by Crippen LogP contribution is -2.28. The molecule has 0 radical (unpaired) electrons. The highest BCUT2D eigenvalue weighted by atomic mass is 32.1. The minimum Gasteiger partial charge on any atom is -0.476 e. The van der Waals surface area contributed by atoms with E-state index >= 15 is 0 Å². The number of Topliss-reactive ketones (excluding diaryl/α,β-unsaturated/α-hetero) is 1. The number of likely N-dealkylation sites (N-methyl/N-ethyl adjacent to an activating group) is 1. The number of hydrogen-bond acceptors (Lipinski definition) is 8. The largest absolute Gasteiger partial charge is 0.476 e. The van der Waals surface area contributed by atoms with E-state index in [1.807, 2.05) is 48.7 Å². The summed E-state index contributed by atoms with van der Waals surface area (Å²) in [5.74, 6) is 1.54. The molecule has 0 aliphatic heterocycles. The normalized spacial score (nSPS) is 12.2. The van der Waals surface area contributed by atoms with Crippen LogP contribution in [-0.2, 0) is 23.1 Å². The van der Waals surface area contributed by atoms with Crippen LogP contribution in [0.3, 0.4) is 0 Å². The first-order valence-electron chi connectivity index (χ1n) is 13.4. The van der Waals surface area contributed by atoms with Crippen molar-refractivity contribution in [2.24, 2.45) is 0 Å². The number of rotatable bonds is 11. The second-order valence-corrected chi connectivity index (χ2v) is 11.7. The Morgan fingerprint density at radius 3 is 2.51 bits per heavy atom. The van der Waals surface area contributed by atoms with Gasteiger partial charge in [0, 0.05) is 42.3 Å². The van der Waals surface area contributed by atoms with Crippen LogP contribution in [0.25, 0.3) is 26.6 Å². The van der Waals surface area contributed by atoms with Gasteiger partial charge in [-0.25, -0.2) is 9.97 Å². The average molecular weight is 546 g/mol. The van der Waals surface area contributed by atoms with Crippen molar-refractivity contribution in [3.63, 3.8) is 0 Å². The summed E-state index contributed by atoms with van der Waals surface area (Å²) in [6.07, 6.45) is 2.66. The van der Waals surface area contributed by atoms with Crippen molar-refractivity contribution in [3.05, 3.63) is 65.7 Å². The van der Waals surface area contributed by atoms with E-state index in [2.05, 4.69) is 49.1 Å². The molecular formula is C30H35N5O3S. The van der Waals surface area contributed by atoms with Gasteiger partial charge >= 0.3 is 0 Å². The van der Waals surface area contributed by atoms with Crippen LogP contribution in [0.1, 0.15) is 51.6 Å². The van der Waals surface area contributed by atoms with E-state index in [9.17, 15) is 4.79 Å². The van der Waals surface area contributed by atoms with Crippen LogP contribution in [-0.4, -0.2) is 56.4 Å². The van der Waals surface area contributed by atoms with E-state index in [1.54, 1.807) is 11.3 Å². The molecular weight excluding hydrogens is 510 g/mol. The van der Waals surface area contributed by atoms with Gasteiger partial charge in [0.15, 0.2) is 4.96 Å². The lowest BCUT2D eigenvalue weighted by atomic mass is 9.93. The number of nitrogens with zero attached hydrogens (tertiary/aromatic N) is 5. The van der Waals surface area contributed by atoms with Crippen LogP contribution in [0.4, 0.5) is 0 Å². The smallest absolute Gasteiger partial charge is 0.214 e. The number of fused-ring (bicyclic) bond motifs is 3. The number of imidazole rings is 1. The van der Waals surface area contributed by atoms with Crippen LogP contribution in [0, 0.1) is 0 Å². The maximum Gasteiger partial charge on any atom is 0.214 e. The van der Waals surface area contributed by atoms with E-state index in [-0.39, 0.29) is 17.6 Å². The summed E-state index contributed by atoms with van der Waals surface area (Å²) in [5.41, 5.74) is 4.42. The third-order valence-electron chi connectivity index (χ3n) is 6.82. The third kappa shape index (κ3) is 6.20. The SMILES string of the molecule is CCN(CC)CCOc1ccc2c(n1)sc1nc(-c3ccc(CC(=O)Cc4cc(C(C)(C)C)on4)cc3)cn12. The number of hydrogen-bond donors (Lipinski definition) is 0. The van der Waals surface area contributed by atoms with Gasteiger partial charge in [-0.05, 0) is 24.7 Å². The summed E-state index contributed by atoms with van der Waals surface area (Å²) in [5, 5.41) is 4.07. The molecule has 8 nitrogen and oxygen atoms in total. The molecule has 0 unspecified atom stereocenters. The van der Waals surface area contributed by atoms with Gasteiger partial charge in [0.1, 0.15) is 23.0 Å². The van der Waals surface area contributed by atoms with Crippen LogP contribution in [0.5, 0.6) is 5.88 Å². The Labute approximate surface area is 232 Å². The highest BCUT2D eigenvalue weighted by molar-refractivity contribution is 7.23. The maximum absolute atomic E-state index is 12.6. The molecule has 4 heterocycles. The molecule has 0 N–H and O–H groups in total. The van der Waals surface area contributed by atoms with E-state index in [1.165, 1.54) is 0 Å². The highest BCUT2D eigenvalue weighted by Gasteiger charge is 2.20. The topological polar surface area (TPSA) is 85.8 Å². The first-order chi connectivity index (χ1) is 18.7. The molecule has 5 aromatic rings. The van der Waals surface area contributed by atoms with Crippen molar-refractivity contribution in [1.29, 1.82) is 0 Å². The molecule has 1 aromatic carbocycles. The molecule has 204 valence electrons. The standard InChI is InChI=1S/C30H35N5O3S/c1-6-34(7-2)14-15-37-27-13-12-25-28(32-27)39-29-31-24(19-35(25)29)21-10-8-20(9-11-21)16-23(36)17-22-18-26(38-33-22)30(3,4)5/h8-13,18-19H,6-7,14-17H2,1-5H3. The zero-order valence-electron chi connectivity index (χ0n) is 23.2. The van der Waals surface area contributed by atoms with Crippen LogP contribution >= 0.6 is 11.3 Å². The summed E-state index contributed by atoms with van der Waals surface area (Å²) in [7, 11) is 0. The minimum absolute atomic E-state index is 0.106. The van der Waals surface area contributed by atoms with Crippen LogP contribution in [0.2, 0.25) is 0 Å². The first-order valence-corrected chi connectivity index (χ1v) is 14.3. The fraction of sp³-hybridized carbons (Fsp3) is 0.400. The van der Waals surface area contributed by atoms with Gasteiger partial charge in [0.25, 0.3) is 0 Å². The number of thiazole rings is 1. The van der Waals surface area contributed by atoms with Gasteiger partial charge in [0.2, 0.25) is 5.88 Å². The van der Waals surface area contributed by atoms with Crippen LogP contribution in [0.15, 0.2) is 53.2 Å². The quantitative estimate of drug-likeness (QED) is 0.202. The Bertz CT molecular complexity index is 1570. The number of pyridine rings is 1. The Morgan fingerprint density at radius 1 is 1.05 bits per heavy atom. The van der Waals surface area contributed by atoms with Gasteiger partial charge in [-0.1, -0.05) is 75.4 Å². The molecule has 9 heteroatoms. The van der Waals surface area contributed by atoms with E-state index in [4.69, 9.17) is 19.2 Å². The van der Waals surface area contributed by atoms with Gasteiger partial charge in [-0.3, -0.25) is 9.20 Å². The second kappa shape index (κ2) is 11.3. The van der Waals surface area contributed by atoms with Gasteiger partial charge in [-0.15, -0.1) is 0 Å². The number of aromatic nitrogens is 4. The van der Waals surface area contributed by atoms with Crippen molar-refractivity contribution < 1.29 is 14.1 Å². The van der Waals surface area contributed by atoms with Gasteiger partial charge in [-0.2, -0.15) is 0 Å². The molecule has 0 saturated carbocycles. The monoisotopic (exact) mass is 545 g/mol. The number of ether oxygens (including phenoxy) is 1. The number of ketones is 1. The summed E-state index contributed by atoms with van der Waals surface area (Å²) in [4.78, 5) is 26.3. The number of carbonyl (C=O) groups excluding carboxylic acids is 1. The molecule has 0 aliphatic carbocycles. The number of carbonyl (C=O) groups is 1. The molecule has 0 spiro atoms. The second-order valence-electron chi connectivity index (χ2n) is 10.8. The predicted octanol–water partition coefficient (Wildman–Crippen LogP) is 5.97. The minimum atomic E-state index is -0.128. The van der Waals surface area contributed by atoms with Crippen molar-refractivity contribution >= 4 is 32.4 Å². The summed E-state index contributed by atoms with van der Waals surface area (Å²) in [6.45, 7) is 14.0. The lowest BCUT2D eigenvalue weighted by Gasteiger charge is -2.17. The third-order valence-corrected chi connectivity index (χ3v) is 7.78. The maximum atomic E-state index is 12.6. The van der Waals surface area contributed by atoms with Crippen molar-refractivity contribution in [2.45, 2.75) is 52.9 Å². The fourth-order valence-corrected chi connectivity index (χ4v) is 5.41. The predicted molar refractivity (Wildman–Crippen MR) is 155 cm³/mol. The summed E-state index contributed by atoms with van der Waals surface area (Å²) >= 11 is 1.55. The molecule has 0 fully saturated rings. The van der Waals surface area contributed by atoms with Gasteiger partial charge in [0.05, 0.1) is 23.3 Å². The molecule has 39 heavy (non-hydrogen) atoms.